The molecule has 0 aliphatic carbocycles. The molecule has 3 rings (SSSR count). The van der Waals surface area contributed by atoms with Gasteiger partial charge in [0.2, 0.25) is 5.91 Å². The Kier molecular flexibility index (Phi) is 6.40. The maximum absolute atomic E-state index is 13.0. The summed E-state index contributed by atoms with van der Waals surface area (Å²) < 4.78 is 0. The molecular weight excluding hydrogens is 377 g/mol. The fourth-order valence-electron chi connectivity index (χ4n) is 3.65. The van der Waals surface area contributed by atoms with E-state index in [1.165, 1.54) is 0 Å². The molecule has 2 fully saturated rings. The van der Waals surface area contributed by atoms with E-state index in [0.717, 1.165) is 19.5 Å². The Labute approximate surface area is 163 Å². The first-order chi connectivity index (χ1) is 12.5. The van der Waals surface area contributed by atoms with Crippen LogP contribution in [0.3, 0.4) is 0 Å². The van der Waals surface area contributed by atoms with Crippen molar-refractivity contribution in [2.45, 2.75) is 18.9 Å². The van der Waals surface area contributed by atoms with Gasteiger partial charge in [-0.1, -0.05) is 23.2 Å². The molecule has 1 N–H and O–H groups in total. The Hall–Kier alpha value is -1.34. The van der Waals surface area contributed by atoms with Gasteiger partial charge in [-0.25, -0.2) is 0 Å². The smallest absolute Gasteiger partial charge is 0.254 e. The van der Waals surface area contributed by atoms with E-state index >= 15 is 0 Å². The lowest BCUT2D eigenvalue weighted by molar-refractivity contribution is -0.137. The van der Waals surface area contributed by atoms with Crippen LogP contribution >= 0.6 is 23.2 Å². The second-order valence-corrected chi connectivity index (χ2v) is 7.58. The zero-order valence-electron chi connectivity index (χ0n) is 14.5. The number of β-amino-alcohol motifs (C(OH)–C–C–N with tert-alkyl or cyclic N) is 1. The van der Waals surface area contributed by atoms with Crippen LogP contribution in [0, 0.1) is 0 Å². The van der Waals surface area contributed by atoms with Gasteiger partial charge < -0.3 is 14.9 Å². The summed E-state index contributed by atoms with van der Waals surface area (Å²) in [5.41, 5.74) is 0.412. The van der Waals surface area contributed by atoms with Crippen LogP contribution in [0.4, 0.5) is 0 Å². The molecule has 2 amide bonds. The molecule has 2 heterocycles. The molecule has 0 aromatic heterocycles. The monoisotopic (exact) mass is 399 g/mol. The zero-order chi connectivity index (χ0) is 18.7. The van der Waals surface area contributed by atoms with Crippen molar-refractivity contribution >= 4 is 35.0 Å². The van der Waals surface area contributed by atoms with Crippen LogP contribution in [0.25, 0.3) is 0 Å². The molecule has 1 aromatic rings. The molecule has 2 aliphatic rings. The van der Waals surface area contributed by atoms with Crippen molar-refractivity contribution in [3.8, 4) is 0 Å². The van der Waals surface area contributed by atoms with E-state index in [-0.39, 0.29) is 18.4 Å². The number of amides is 2. The molecule has 0 spiro atoms. The van der Waals surface area contributed by atoms with E-state index in [0.29, 0.717) is 48.2 Å². The number of benzene rings is 1. The van der Waals surface area contributed by atoms with Crippen LogP contribution in [-0.2, 0) is 4.79 Å². The van der Waals surface area contributed by atoms with Gasteiger partial charge in [-0.05, 0) is 31.0 Å². The van der Waals surface area contributed by atoms with Crippen LogP contribution in [0.15, 0.2) is 18.2 Å². The van der Waals surface area contributed by atoms with Crippen molar-refractivity contribution < 1.29 is 14.7 Å². The number of carbonyl (C=O) groups is 2. The summed E-state index contributed by atoms with van der Waals surface area (Å²) in [6.45, 7) is 4.06. The first-order valence-corrected chi connectivity index (χ1v) is 9.64. The van der Waals surface area contributed by atoms with Gasteiger partial charge in [0.1, 0.15) is 6.04 Å². The quantitative estimate of drug-likeness (QED) is 0.837. The maximum atomic E-state index is 13.0. The van der Waals surface area contributed by atoms with Crippen LogP contribution in [0.1, 0.15) is 23.2 Å². The van der Waals surface area contributed by atoms with Crippen molar-refractivity contribution in [2.24, 2.45) is 0 Å². The van der Waals surface area contributed by atoms with Gasteiger partial charge in [0.05, 0.1) is 6.61 Å². The summed E-state index contributed by atoms with van der Waals surface area (Å²) >= 11 is 12.0. The van der Waals surface area contributed by atoms with Crippen molar-refractivity contribution in [3.05, 3.63) is 33.8 Å². The molecule has 8 heteroatoms. The summed E-state index contributed by atoms with van der Waals surface area (Å²) in [6, 6.07) is 4.33. The molecule has 0 radical (unpaired) electrons. The lowest BCUT2D eigenvalue weighted by Crippen LogP contribution is -2.54. The van der Waals surface area contributed by atoms with E-state index in [1.807, 2.05) is 4.90 Å². The average molecular weight is 400 g/mol. The van der Waals surface area contributed by atoms with Crippen LogP contribution in [0.2, 0.25) is 10.0 Å². The Morgan fingerprint density at radius 1 is 1.04 bits per heavy atom. The molecule has 142 valence electrons. The second-order valence-electron chi connectivity index (χ2n) is 6.71. The minimum atomic E-state index is -0.426. The minimum absolute atomic E-state index is 0.00706. The van der Waals surface area contributed by atoms with Crippen LogP contribution in [0.5, 0.6) is 0 Å². The van der Waals surface area contributed by atoms with Crippen molar-refractivity contribution in [1.29, 1.82) is 0 Å². The molecule has 0 bridgehead atoms. The fraction of sp³-hybridized carbons (Fsp3) is 0.556. The first-order valence-electron chi connectivity index (χ1n) is 8.88. The topological polar surface area (TPSA) is 64.1 Å². The zero-order valence-corrected chi connectivity index (χ0v) is 16.0. The van der Waals surface area contributed by atoms with Gasteiger partial charge in [0.15, 0.2) is 0 Å². The lowest BCUT2D eigenvalue weighted by atomic mass is 10.1. The first kappa shape index (κ1) is 19.4. The highest BCUT2D eigenvalue weighted by molar-refractivity contribution is 6.35. The summed E-state index contributed by atoms with van der Waals surface area (Å²) in [6.07, 6.45) is 1.48. The number of carbonyl (C=O) groups excluding carboxylic acids is 2. The fourth-order valence-corrected chi connectivity index (χ4v) is 4.18. The van der Waals surface area contributed by atoms with Crippen molar-refractivity contribution in [1.82, 2.24) is 14.7 Å². The van der Waals surface area contributed by atoms with Gasteiger partial charge in [-0.2, -0.15) is 0 Å². The van der Waals surface area contributed by atoms with Gasteiger partial charge >= 0.3 is 0 Å². The Morgan fingerprint density at radius 2 is 1.69 bits per heavy atom. The standard InChI is InChI=1S/C18H23Cl2N3O3/c19-14-10-13(11-15(20)12-14)17(25)23-3-1-2-16(23)18(26)22-6-4-21(5-7-22)8-9-24/h10-12,16,24H,1-9H2. The number of hydrogen-bond acceptors (Lipinski definition) is 4. The number of halogens is 2. The predicted molar refractivity (Wildman–Crippen MR) is 101 cm³/mol. The van der Waals surface area contributed by atoms with E-state index < -0.39 is 6.04 Å². The summed E-state index contributed by atoms with van der Waals surface area (Å²) in [7, 11) is 0. The van der Waals surface area contributed by atoms with Gasteiger partial charge in [0.25, 0.3) is 5.91 Å². The third-order valence-corrected chi connectivity index (χ3v) is 5.44. The van der Waals surface area contributed by atoms with Crippen LogP contribution in [-0.4, -0.2) is 83.5 Å². The van der Waals surface area contributed by atoms with E-state index in [9.17, 15) is 9.59 Å². The number of aliphatic hydroxyl groups is 1. The highest BCUT2D eigenvalue weighted by atomic mass is 35.5. The number of aliphatic hydroxyl groups excluding tert-OH is 1. The third-order valence-electron chi connectivity index (χ3n) is 5.01. The van der Waals surface area contributed by atoms with Crippen LogP contribution < -0.4 is 0 Å². The highest BCUT2D eigenvalue weighted by Gasteiger charge is 2.37. The van der Waals surface area contributed by atoms with E-state index in [4.69, 9.17) is 28.3 Å². The largest absolute Gasteiger partial charge is 0.395 e. The van der Waals surface area contributed by atoms with Gasteiger partial charge in [-0.3, -0.25) is 14.5 Å². The summed E-state index contributed by atoms with van der Waals surface area (Å²) in [5.74, 6) is -0.197. The second kappa shape index (κ2) is 8.57. The molecule has 1 atom stereocenters. The number of rotatable bonds is 4. The Bertz CT molecular complexity index is 657. The molecule has 0 saturated carbocycles. The molecule has 26 heavy (non-hydrogen) atoms. The SMILES string of the molecule is O=C(C1CCCN1C(=O)c1cc(Cl)cc(Cl)c1)N1CCN(CCO)CC1. The normalized spacial score (nSPS) is 21.3. The lowest BCUT2D eigenvalue weighted by Gasteiger charge is -2.37. The van der Waals surface area contributed by atoms with Gasteiger partial charge in [0, 0.05) is 54.9 Å². The summed E-state index contributed by atoms with van der Waals surface area (Å²) in [4.78, 5) is 31.5. The molecule has 1 aromatic carbocycles. The number of likely N-dealkylation sites (tertiary alicyclic amines) is 1. The number of piperazine rings is 1. The highest BCUT2D eigenvalue weighted by Crippen LogP contribution is 2.25. The van der Waals surface area contributed by atoms with Crippen molar-refractivity contribution in [3.63, 3.8) is 0 Å². The molecule has 6 nitrogen and oxygen atoms in total. The summed E-state index contributed by atoms with van der Waals surface area (Å²) in [5, 5.41) is 9.84. The number of hydrogen-bond donors (Lipinski definition) is 1. The Balaban J connectivity index is 1.68. The predicted octanol–water partition coefficient (Wildman–Crippen LogP) is 1.73. The van der Waals surface area contributed by atoms with E-state index in [2.05, 4.69) is 4.90 Å². The molecule has 1 unspecified atom stereocenters. The molecule has 2 saturated heterocycles. The molecule has 2 aliphatic heterocycles. The van der Waals surface area contributed by atoms with E-state index in [1.54, 1.807) is 23.1 Å². The van der Waals surface area contributed by atoms with Gasteiger partial charge in [-0.15, -0.1) is 0 Å². The van der Waals surface area contributed by atoms with Crippen molar-refractivity contribution in [2.75, 3.05) is 45.9 Å². The third kappa shape index (κ3) is 4.31. The number of nitrogens with zero attached hydrogens (tertiary/aromatic N) is 3. The maximum Gasteiger partial charge on any atom is 0.254 e. The Morgan fingerprint density at radius 3 is 2.31 bits per heavy atom. The molecular formula is C18H23Cl2N3O3. The average Bonchev–Trinajstić information content (AvgIpc) is 3.10. The minimum Gasteiger partial charge on any atom is -0.395 e.